The molecule has 4 N–H and O–H groups in total. The first-order chi connectivity index (χ1) is 11.1. The van der Waals surface area contributed by atoms with Gasteiger partial charge in [-0.15, -0.1) is 0 Å². The van der Waals surface area contributed by atoms with Crippen molar-refractivity contribution in [3.05, 3.63) is 41.9 Å². The van der Waals surface area contributed by atoms with Gasteiger partial charge in [0, 0.05) is 36.7 Å². The number of nitrogens with zero attached hydrogens (tertiary/aromatic N) is 2. The second kappa shape index (κ2) is 6.60. The molecule has 2 heterocycles. The molecule has 0 atom stereocenters. The van der Waals surface area contributed by atoms with Gasteiger partial charge >= 0.3 is 0 Å². The first kappa shape index (κ1) is 15.2. The van der Waals surface area contributed by atoms with E-state index in [1.165, 1.54) is 0 Å². The molecule has 3 rings (SSSR count). The third kappa shape index (κ3) is 3.74. The van der Waals surface area contributed by atoms with E-state index < -0.39 is 0 Å². The van der Waals surface area contributed by atoms with Crippen molar-refractivity contribution in [3.8, 4) is 0 Å². The van der Waals surface area contributed by atoms with Gasteiger partial charge in [-0.25, -0.2) is 0 Å². The quantitative estimate of drug-likeness (QED) is 0.747. The highest BCUT2D eigenvalue weighted by Crippen LogP contribution is 2.40. The minimum absolute atomic E-state index is 0.0470. The van der Waals surface area contributed by atoms with Crippen molar-refractivity contribution in [1.29, 1.82) is 0 Å². The van der Waals surface area contributed by atoms with Gasteiger partial charge in [0.15, 0.2) is 0 Å². The lowest BCUT2D eigenvalue weighted by atomic mass is 9.73. The second-order valence-electron chi connectivity index (χ2n) is 5.88. The topological polar surface area (TPSA) is 114 Å². The van der Waals surface area contributed by atoms with Crippen LogP contribution in [0.5, 0.6) is 0 Å². The van der Waals surface area contributed by atoms with Crippen LogP contribution in [0.1, 0.15) is 36.4 Å². The molecule has 120 valence electrons. The van der Waals surface area contributed by atoms with E-state index >= 15 is 0 Å². The van der Waals surface area contributed by atoms with Crippen molar-refractivity contribution in [2.75, 3.05) is 5.32 Å². The average Bonchev–Trinajstić information content (AvgIpc) is 2.92. The van der Waals surface area contributed by atoms with Gasteiger partial charge in [-0.2, -0.15) is 5.10 Å². The maximum absolute atomic E-state index is 11.9. The summed E-state index contributed by atoms with van der Waals surface area (Å²) in [6.07, 6.45) is 5.95. The van der Waals surface area contributed by atoms with E-state index in [1.54, 1.807) is 12.4 Å². The standard InChI is InChI=1S/C16H19N5O2/c17-16(23)12-6-11(7-12)13-8-14(21-20-13)19-15(22)4-3-10-2-1-5-18-9-10/h1-2,5,8-9,11-12H,3-4,6-7H2,(H2,17,23)(H2,19,20,21,22)/t11-,12+. The first-order valence-electron chi connectivity index (χ1n) is 7.65. The van der Waals surface area contributed by atoms with Crippen molar-refractivity contribution >= 4 is 17.6 Å². The fourth-order valence-electron chi connectivity index (χ4n) is 2.72. The molecule has 7 nitrogen and oxygen atoms in total. The van der Waals surface area contributed by atoms with Crippen LogP contribution in [0.3, 0.4) is 0 Å². The Balaban J connectivity index is 1.47. The monoisotopic (exact) mass is 313 g/mol. The van der Waals surface area contributed by atoms with Crippen molar-refractivity contribution in [1.82, 2.24) is 15.2 Å². The summed E-state index contributed by atoms with van der Waals surface area (Å²) >= 11 is 0. The first-order valence-corrected chi connectivity index (χ1v) is 7.65. The van der Waals surface area contributed by atoms with Crippen molar-refractivity contribution in [2.24, 2.45) is 11.7 Å². The summed E-state index contributed by atoms with van der Waals surface area (Å²) in [7, 11) is 0. The number of rotatable bonds is 6. The van der Waals surface area contributed by atoms with Gasteiger partial charge in [-0.3, -0.25) is 19.7 Å². The van der Waals surface area contributed by atoms with E-state index in [2.05, 4.69) is 20.5 Å². The largest absolute Gasteiger partial charge is 0.369 e. The molecule has 7 heteroatoms. The number of hydrogen-bond donors (Lipinski definition) is 3. The number of hydrogen-bond acceptors (Lipinski definition) is 4. The summed E-state index contributed by atoms with van der Waals surface area (Å²) in [5.41, 5.74) is 7.16. The van der Waals surface area contributed by atoms with Crippen LogP contribution >= 0.6 is 0 Å². The highest BCUT2D eigenvalue weighted by atomic mass is 16.2. The molecule has 0 saturated heterocycles. The van der Waals surface area contributed by atoms with Crippen LogP contribution < -0.4 is 11.1 Å². The Morgan fingerprint density at radius 2 is 2.22 bits per heavy atom. The molecular formula is C16H19N5O2. The predicted molar refractivity (Wildman–Crippen MR) is 84.4 cm³/mol. The van der Waals surface area contributed by atoms with E-state index in [0.717, 1.165) is 24.1 Å². The molecule has 1 aliphatic carbocycles. The van der Waals surface area contributed by atoms with Crippen LogP contribution in [0.25, 0.3) is 0 Å². The minimum atomic E-state index is -0.249. The molecule has 23 heavy (non-hydrogen) atoms. The smallest absolute Gasteiger partial charge is 0.225 e. The number of nitrogens with one attached hydrogen (secondary N) is 2. The van der Waals surface area contributed by atoms with Crippen LogP contribution in [0.4, 0.5) is 5.82 Å². The van der Waals surface area contributed by atoms with E-state index in [-0.39, 0.29) is 23.7 Å². The highest BCUT2D eigenvalue weighted by Gasteiger charge is 2.35. The number of anilines is 1. The maximum Gasteiger partial charge on any atom is 0.225 e. The number of aromatic amines is 1. The summed E-state index contributed by atoms with van der Waals surface area (Å²) in [5, 5.41) is 9.82. The molecule has 2 amide bonds. The number of H-pyrrole nitrogens is 1. The number of aromatic nitrogens is 3. The van der Waals surface area contributed by atoms with Crippen LogP contribution in [-0.4, -0.2) is 27.0 Å². The Morgan fingerprint density at radius 1 is 1.39 bits per heavy atom. The number of nitrogens with two attached hydrogens (primary N) is 1. The molecule has 0 unspecified atom stereocenters. The number of amides is 2. The lowest BCUT2D eigenvalue weighted by molar-refractivity contribution is -0.124. The third-order valence-corrected chi connectivity index (χ3v) is 4.19. The van der Waals surface area contributed by atoms with E-state index in [0.29, 0.717) is 18.7 Å². The molecule has 1 saturated carbocycles. The normalized spacial score (nSPS) is 19.8. The van der Waals surface area contributed by atoms with E-state index in [1.807, 2.05) is 18.2 Å². The Labute approximate surface area is 133 Å². The van der Waals surface area contributed by atoms with Crippen LogP contribution in [0.2, 0.25) is 0 Å². The van der Waals surface area contributed by atoms with Crippen molar-refractivity contribution in [2.45, 2.75) is 31.6 Å². The Morgan fingerprint density at radius 3 is 2.91 bits per heavy atom. The van der Waals surface area contributed by atoms with Gasteiger partial charge < -0.3 is 11.1 Å². The Hall–Kier alpha value is -2.70. The molecule has 0 radical (unpaired) electrons. The predicted octanol–water partition coefficient (Wildman–Crippen LogP) is 1.35. The van der Waals surface area contributed by atoms with Crippen LogP contribution in [0, 0.1) is 5.92 Å². The van der Waals surface area contributed by atoms with Crippen molar-refractivity contribution < 1.29 is 9.59 Å². The average molecular weight is 313 g/mol. The molecule has 2 aromatic rings. The van der Waals surface area contributed by atoms with E-state index in [9.17, 15) is 9.59 Å². The fraction of sp³-hybridized carbons (Fsp3) is 0.375. The number of primary amides is 1. The number of carbonyl (C=O) groups is 2. The summed E-state index contributed by atoms with van der Waals surface area (Å²) in [5.74, 6) is 0.450. The lowest BCUT2D eigenvalue weighted by Crippen LogP contribution is -2.33. The van der Waals surface area contributed by atoms with Gasteiger partial charge in [0.1, 0.15) is 5.82 Å². The SMILES string of the molecule is NC(=O)[C@H]1C[C@@H](c2cc(NC(=O)CCc3cccnc3)[nH]n2)C1. The Kier molecular flexibility index (Phi) is 4.36. The molecule has 0 aromatic carbocycles. The zero-order valence-corrected chi connectivity index (χ0v) is 12.7. The maximum atomic E-state index is 11.9. The van der Waals surface area contributed by atoms with Gasteiger partial charge in [0.05, 0.1) is 5.69 Å². The molecule has 1 aliphatic rings. The highest BCUT2D eigenvalue weighted by molar-refractivity contribution is 5.89. The third-order valence-electron chi connectivity index (χ3n) is 4.19. The Bertz CT molecular complexity index is 692. The zero-order valence-electron chi connectivity index (χ0n) is 12.7. The number of aryl methyl sites for hydroxylation is 1. The molecule has 1 fully saturated rings. The number of pyridine rings is 1. The van der Waals surface area contributed by atoms with Gasteiger partial charge in [0.25, 0.3) is 0 Å². The summed E-state index contributed by atoms with van der Waals surface area (Å²) in [6.45, 7) is 0. The van der Waals surface area contributed by atoms with Gasteiger partial charge in [-0.1, -0.05) is 6.07 Å². The number of carbonyl (C=O) groups excluding carboxylic acids is 2. The minimum Gasteiger partial charge on any atom is -0.369 e. The molecule has 0 aliphatic heterocycles. The van der Waals surface area contributed by atoms with Crippen LogP contribution in [-0.2, 0) is 16.0 Å². The van der Waals surface area contributed by atoms with Gasteiger partial charge in [0.2, 0.25) is 11.8 Å². The second-order valence-corrected chi connectivity index (χ2v) is 5.88. The molecular weight excluding hydrogens is 294 g/mol. The van der Waals surface area contributed by atoms with Crippen LogP contribution in [0.15, 0.2) is 30.6 Å². The summed E-state index contributed by atoms with van der Waals surface area (Å²) in [4.78, 5) is 27.0. The molecule has 0 spiro atoms. The fourth-order valence-corrected chi connectivity index (χ4v) is 2.72. The summed E-state index contributed by atoms with van der Waals surface area (Å²) < 4.78 is 0. The lowest BCUT2D eigenvalue weighted by Gasteiger charge is -2.31. The van der Waals surface area contributed by atoms with E-state index in [4.69, 9.17) is 5.73 Å². The summed E-state index contributed by atoms with van der Waals surface area (Å²) in [6, 6.07) is 5.62. The molecule has 0 bridgehead atoms. The van der Waals surface area contributed by atoms with Crippen molar-refractivity contribution in [3.63, 3.8) is 0 Å². The van der Waals surface area contributed by atoms with Gasteiger partial charge in [-0.05, 0) is 30.9 Å². The zero-order chi connectivity index (χ0) is 16.2. The molecule has 2 aromatic heterocycles.